The van der Waals surface area contributed by atoms with Crippen molar-refractivity contribution in [3.8, 4) is 0 Å². The van der Waals surface area contributed by atoms with E-state index >= 15 is 0 Å². The molecule has 1 rings (SSSR count). The molecule has 6 atom stereocenters. The molecule has 1 heterocycles. The van der Waals surface area contributed by atoms with Crippen LogP contribution in [0.4, 0.5) is 0 Å². The lowest BCUT2D eigenvalue weighted by atomic mass is 9.99. The SMILES string of the molecule is CC/C=C\C/C=C\C/C=C\C/C=C\C/C=C\CCCCCCOCC(COC1OC(CO)C(O)C(OS(=O)(=O)O)C1O)OC(=O)CCCCCCCCC/C=C\C/C=C\CCCCCC. The summed E-state index contributed by atoms with van der Waals surface area (Å²) in [4.78, 5) is 12.9. The molecule has 0 radical (unpaired) electrons. The number of esters is 1. The van der Waals surface area contributed by atoms with Gasteiger partial charge in [0.05, 0.1) is 19.8 Å². The number of aliphatic hydroxyl groups is 3. The molecule has 0 spiro atoms. The first kappa shape index (κ1) is 60.3. The third-order valence-corrected chi connectivity index (χ3v) is 11.2. The summed E-state index contributed by atoms with van der Waals surface area (Å²) in [7, 11) is -5.07. The average Bonchev–Trinajstić information content (AvgIpc) is 3.28. The van der Waals surface area contributed by atoms with Crippen molar-refractivity contribution in [1.29, 1.82) is 0 Å². The molecule has 0 saturated carbocycles. The monoisotopic (exact) mass is 937 g/mol. The maximum atomic E-state index is 12.9. The highest BCUT2D eigenvalue weighted by molar-refractivity contribution is 7.80. The first-order valence-corrected chi connectivity index (χ1v) is 26.2. The molecule has 0 aliphatic carbocycles. The van der Waals surface area contributed by atoms with Crippen LogP contribution in [0, 0.1) is 0 Å². The number of unbranched alkanes of at least 4 members (excludes halogenated alkanes) is 15. The van der Waals surface area contributed by atoms with Gasteiger partial charge in [-0.2, -0.15) is 8.42 Å². The summed E-state index contributed by atoms with van der Waals surface area (Å²) < 4.78 is 59.2. The Kier molecular flexibility index (Phi) is 39.5. The fraction of sp³-hybridized carbons (Fsp3) is 0.712. The third-order valence-electron chi connectivity index (χ3n) is 10.8. The van der Waals surface area contributed by atoms with E-state index in [1.54, 1.807) is 0 Å². The van der Waals surface area contributed by atoms with Crippen molar-refractivity contribution in [2.24, 2.45) is 0 Å². The zero-order chi connectivity index (χ0) is 47.5. The first-order valence-electron chi connectivity index (χ1n) is 24.8. The molecular formula is C52H88O12S. The molecule has 13 heteroatoms. The summed E-state index contributed by atoms with van der Waals surface area (Å²) >= 11 is 0. The second-order valence-electron chi connectivity index (χ2n) is 16.7. The van der Waals surface area contributed by atoms with E-state index in [1.165, 1.54) is 44.9 Å². The van der Waals surface area contributed by atoms with Gasteiger partial charge in [-0.05, 0) is 89.9 Å². The maximum Gasteiger partial charge on any atom is 0.397 e. The average molecular weight is 937 g/mol. The zero-order valence-electron chi connectivity index (χ0n) is 40.0. The van der Waals surface area contributed by atoms with Crippen molar-refractivity contribution in [3.05, 3.63) is 85.1 Å². The van der Waals surface area contributed by atoms with E-state index in [0.29, 0.717) is 13.0 Å². The topological polar surface area (TPSA) is 178 Å². The lowest BCUT2D eigenvalue weighted by Crippen LogP contribution is -2.60. The number of allylic oxidation sites excluding steroid dienone is 14. The number of aliphatic hydroxyl groups excluding tert-OH is 3. The molecule has 0 amide bonds. The minimum atomic E-state index is -5.07. The lowest BCUT2D eigenvalue weighted by Gasteiger charge is -2.41. The molecule has 12 nitrogen and oxygen atoms in total. The highest BCUT2D eigenvalue weighted by atomic mass is 32.3. The number of carbonyl (C=O) groups is 1. The fourth-order valence-electron chi connectivity index (χ4n) is 7.02. The number of hydrogen-bond donors (Lipinski definition) is 4. The van der Waals surface area contributed by atoms with E-state index in [9.17, 15) is 33.1 Å². The Morgan fingerprint density at radius 3 is 1.55 bits per heavy atom. The van der Waals surface area contributed by atoms with E-state index in [1.807, 2.05) is 0 Å². The van der Waals surface area contributed by atoms with Crippen LogP contribution in [0.15, 0.2) is 85.1 Å². The Balaban J connectivity index is 2.42. The van der Waals surface area contributed by atoms with Crippen molar-refractivity contribution >= 4 is 16.4 Å². The molecule has 374 valence electrons. The number of ether oxygens (including phenoxy) is 4. The second-order valence-corrected chi connectivity index (χ2v) is 17.7. The fourth-order valence-corrected chi connectivity index (χ4v) is 7.53. The zero-order valence-corrected chi connectivity index (χ0v) is 40.8. The normalized spacial score (nSPS) is 20.4. The minimum absolute atomic E-state index is 0.0105. The van der Waals surface area contributed by atoms with Gasteiger partial charge in [-0.25, -0.2) is 4.18 Å². The van der Waals surface area contributed by atoms with Crippen molar-refractivity contribution < 1.29 is 56.2 Å². The van der Waals surface area contributed by atoms with Crippen LogP contribution in [-0.4, -0.2) is 97.5 Å². The molecule has 1 saturated heterocycles. The number of rotatable bonds is 42. The van der Waals surface area contributed by atoms with Gasteiger partial charge in [0, 0.05) is 13.0 Å². The summed E-state index contributed by atoms with van der Waals surface area (Å²) in [6.07, 6.45) is 47.5. The molecule has 4 N–H and O–H groups in total. The molecule has 0 bridgehead atoms. The molecule has 1 fully saturated rings. The molecular weight excluding hydrogens is 849 g/mol. The molecule has 0 aromatic heterocycles. The molecule has 1 aliphatic rings. The molecule has 0 aromatic rings. The Morgan fingerprint density at radius 1 is 0.600 bits per heavy atom. The van der Waals surface area contributed by atoms with Gasteiger partial charge in [-0.15, -0.1) is 0 Å². The van der Waals surface area contributed by atoms with Gasteiger partial charge < -0.3 is 34.3 Å². The highest BCUT2D eigenvalue weighted by Crippen LogP contribution is 2.26. The van der Waals surface area contributed by atoms with Gasteiger partial charge in [-0.1, -0.05) is 163 Å². The van der Waals surface area contributed by atoms with Crippen LogP contribution in [0.25, 0.3) is 0 Å². The van der Waals surface area contributed by atoms with Gasteiger partial charge in [0.25, 0.3) is 0 Å². The predicted molar refractivity (Wildman–Crippen MR) is 262 cm³/mol. The largest absolute Gasteiger partial charge is 0.457 e. The van der Waals surface area contributed by atoms with Crippen molar-refractivity contribution in [2.75, 3.05) is 26.4 Å². The minimum Gasteiger partial charge on any atom is -0.457 e. The third kappa shape index (κ3) is 36.1. The molecule has 1 aliphatic heterocycles. The van der Waals surface area contributed by atoms with Crippen LogP contribution in [0.5, 0.6) is 0 Å². The van der Waals surface area contributed by atoms with Crippen LogP contribution in [0.3, 0.4) is 0 Å². The quantitative estimate of drug-likeness (QED) is 0.0197. The van der Waals surface area contributed by atoms with Crippen LogP contribution in [0.2, 0.25) is 0 Å². The van der Waals surface area contributed by atoms with Crippen molar-refractivity contribution in [3.63, 3.8) is 0 Å². The highest BCUT2D eigenvalue weighted by Gasteiger charge is 2.48. The second kappa shape index (κ2) is 42.6. The Hall–Kier alpha value is -2.72. The van der Waals surface area contributed by atoms with E-state index in [-0.39, 0.29) is 19.6 Å². The predicted octanol–water partition coefficient (Wildman–Crippen LogP) is 11.2. The molecule has 0 aromatic carbocycles. The van der Waals surface area contributed by atoms with Gasteiger partial charge in [0.2, 0.25) is 0 Å². The molecule has 6 unspecified atom stereocenters. The Morgan fingerprint density at radius 2 is 1.06 bits per heavy atom. The van der Waals surface area contributed by atoms with Gasteiger partial charge in [0.15, 0.2) is 6.29 Å². The maximum absolute atomic E-state index is 12.9. The summed E-state index contributed by atoms with van der Waals surface area (Å²) in [5, 5.41) is 30.7. The van der Waals surface area contributed by atoms with E-state index in [4.69, 9.17) is 18.9 Å². The van der Waals surface area contributed by atoms with Crippen LogP contribution in [0.1, 0.15) is 174 Å². The molecule has 65 heavy (non-hydrogen) atoms. The summed E-state index contributed by atoms with van der Waals surface area (Å²) in [5.74, 6) is -0.420. The van der Waals surface area contributed by atoms with Crippen LogP contribution >= 0.6 is 0 Å². The number of hydrogen-bond acceptors (Lipinski definition) is 11. The van der Waals surface area contributed by atoms with Gasteiger partial charge in [-0.3, -0.25) is 9.35 Å². The summed E-state index contributed by atoms with van der Waals surface area (Å²) in [5.41, 5.74) is 0. The van der Waals surface area contributed by atoms with Crippen molar-refractivity contribution in [2.45, 2.75) is 211 Å². The Labute approximate surface area is 393 Å². The summed E-state index contributed by atoms with van der Waals surface area (Å²) in [6, 6.07) is 0. The van der Waals surface area contributed by atoms with E-state index in [0.717, 1.165) is 103 Å². The van der Waals surface area contributed by atoms with E-state index in [2.05, 4.69) is 103 Å². The smallest absolute Gasteiger partial charge is 0.397 e. The number of carbonyl (C=O) groups excluding carboxylic acids is 1. The van der Waals surface area contributed by atoms with Crippen LogP contribution in [-0.2, 0) is 38.3 Å². The standard InChI is InChI=1S/C52H88O12S/c1-3-5-7-9-11-13-15-17-19-21-23-24-26-28-30-32-34-36-38-40-42-60-44-46(45-61-52-50(56)51(64-65(57,58)59)49(55)47(43-53)63-52)62-48(54)41-39-37-35-33-31-29-27-25-22-20-18-16-14-12-10-8-6-4-2/h5,7,11,13-14,16-17,19-20,22-24,28,30,46-47,49-53,55-56H,3-4,6,8-10,12,15,18,21,25-27,29,31-45H2,1-2H3,(H,57,58,59)/b7-5-,13-11-,16-14-,19-17-,22-20-,24-23-,30-28-. The Bertz CT molecular complexity index is 1450. The van der Waals surface area contributed by atoms with Crippen molar-refractivity contribution in [1.82, 2.24) is 0 Å². The van der Waals surface area contributed by atoms with E-state index < -0.39 is 59.8 Å². The van der Waals surface area contributed by atoms with Gasteiger partial charge >= 0.3 is 16.4 Å². The first-order chi connectivity index (χ1) is 31.6. The lowest BCUT2D eigenvalue weighted by molar-refractivity contribution is -0.301. The van der Waals surface area contributed by atoms with Gasteiger partial charge in [0.1, 0.15) is 30.5 Å². The summed E-state index contributed by atoms with van der Waals surface area (Å²) in [6.45, 7) is 3.78. The van der Waals surface area contributed by atoms with Crippen LogP contribution < -0.4 is 0 Å².